The van der Waals surface area contributed by atoms with E-state index in [9.17, 15) is 9.59 Å². The van der Waals surface area contributed by atoms with Crippen LogP contribution in [0.3, 0.4) is 0 Å². The molecule has 1 fully saturated rings. The Labute approximate surface area is 195 Å². The Balaban J connectivity index is 1.39. The van der Waals surface area contributed by atoms with Crippen molar-refractivity contribution in [1.29, 1.82) is 0 Å². The summed E-state index contributed by atoms with van der Waals surface area (Å²) in [6.45, 7) is 5.55. The zero-order chi connectivity index (χ0) is 22.8. The average molecular weight is 496 g/mol. The summed E-state index contributed by atoms with van der Waals surface area (Å²) in [6, 6.07) is 15.1. The number of nitrogens with zero attached hydrogens (tertiary/aromatic N) is 3. The lowest BCUT2D eigenvalue weighted by Gasteiger charge is -2.32. The van der Waals surface area contributed by atoms with E-state index in [0.717, 1.165) is 58.9 Å². The fourth-order valence-corrected chi connectivity index (χ4v) is 4.26. The van der Waals surface area contributed by atoms with Crippen LogP contribution in [0.4, 0.5) is 11.4 Å². The van der Waals surface area contributed by atoms with Crippen molar-refractivity contribution in [2.24, 2.45) is 11.7 Å². The zero-order valence-corrected chi connectivity index (χ0v) is 19.7. The second kappa shape index (κ2) is 9.16. The maximum Gasteiger partial charge on any atom is 0.255 e. The molecule has 1 aliphatic rings. The number of aryl methyl sites for hydroxylation is 1. The first-order chi connectivity index (χ1) is 15.3. The topological polar surface area (TPSA) is 93.2 Å². The van der Waals surface area contributed by atoms with Crippen LogP contribution in [0.5, 0.6) is 0 Å². The predicted molar refractivity (Wildman–Crippen MR) is 129 cm³/mol. The van der Waals surface area contributed by atoms with Gasteiger partial charge in [0, 0.05) is 35.9 Å². The molecule has 4 rings (SSSR count). The molecule has 166 valence electrons. The molecule has 3 N–H and O–H groups in total. The van der Waals surface area contributed by atoms with Gasteiger partial charge in [0.2, 0.25) is 5.91 Å². The number of nitrogens with two attached hydrogens (primary N) is 1. The zero-order valence-electron chi connectivity index (χ0n) is 18.1. The second-order valence-electron chi connectivity index (χ2n) is 8.11. The number of carbonyl (C=O) groups excluding carboxylic acids is 2. The van der Waals surface area contributed by atoms with Crippen LogP contribution in [0.1, 0.15) is 34.6 Å². The van der Waals surface area contributed by atoms with Crippen LogP contribution in [0.15, 0.2) is 53.0 Å². The maximum atomic E-state index is 12.7. The molecule has 8 heteroatoms. The van der Waals surface area contributed by atoms with Gasteiger partial charge in [-0.1, -0.05) is 0 Å². The number of primary amides is 1. The number of hydrogen-bond acceptors (Lipinski definition) is 4. The van der Waals surface area contributed by atoms with Gasteiger partial charge < -0.3 is 16.0 Å². The van der Waals surface area contributed by atoms with Gasteiger partial charge in [0.1, 0.15) is 0 Å². The summed E-state index contributed by atoms with van der Waals surface area (Å²) >= 11 is 3.54. The SMILES string of the molecule is Cc1nn(-c2ccc(C(=O)Nc3ccc(N4CCC(C(N)=O)CC4)cc3)cc2)c(C)c1Br. The Morgan fingerprint density at radius 2 is 1.59 bits per heavy atom. The van der Waals surface area contributed by atoms with Crippen LogP contribution in [-0.2, 0) is 4.79 Å². The van der Waals surface area contributed by atoms with Crippen molar-refractivity contribution in [1.82, 2.24) is 9.78 Å². The largest absolute Gasteiger partial charge is 0.371 e. The minimum atomic E-state index is -0.210. The Morgan fingerprint density at radius 1 is 1.00 bits per heavy atom. The standard InChI is InChI=1S/C24H26BrN5O2/c1-15-22(25)16(2)30(28-15)21-7-3-18(4-8-21)24(32)27-19-5-9-20(10-6-19)29-13-11-17(12-14-29)23(26)31/h3-10,17H,11-14H2,1-2H3,(H2,26,31)(H,27,32). The summed E-state index contributed by atoms with van der Waals surface area (Å²) in [4.78, 5) is 26.3. The van der Waals surface area contributed by atoms with E-state index in [1.807, 2.05) is 54.9 Å². The van der Waals surface area contributed by atoms with Crippen molar-refractivity contribution in [3.63, 3.8) is 0 Å². The third kappa shape index (κ3) is 4.55. The molecule has 7 nitrogen and oxygen atoms in total. The van der Waals surface area contributed by atoms with Gasteiger partial charge >= 0.3 is 0 Å². The van der Waals surface area contributed by atoms with Gasteiger partial charge in [0.15, 0.2) is 0 Å². The molecule has 1 aliphatic heterocycles. The molecule has 1 saturated heterocycles. The average Bonchev–Trinajstić information content (AvgIpc) is 3.07. The summed E-state index contributed by atoms with van der Waals surface area (Å²) in [7, 11) is 0. The van der Waals surface area contributed by atoms with E-state index in [2.05, 4.69) is 31.2 Å². The molecule has 3 aromatic rings. The van der Waals surface area contributed by atoms with E-state index in [4.69, 9.17) is 5.73 Å². The number of hydrogen-bond donors (Lipinski definition) is 2. The van der Waals surface area contributed by atoms with E-state index < -0.39 is 0 Å². The molecular formula is C24H26BrN5O2. The number of amides is 2. The first-order valence-electron chi connectivity index (χ1n) is 10.6. The molecule has 0 atom stereocenters. The minimum absolute atomic E-state index is 0.0287. The molecule has 0 saturated carbocycles. The highest BCUT2D eigenvalue weighted by molar-refractivity contribution is 9.10. The van der Waals surface area contributed by atoms with Crippen molar-refractivity contribution in [3.05, 3.63) is 70.0 Å². The fourth-order valence-electron chi connectivity index (χ4n) is 4.01. The molecule has 32 heavy (non-hydrogen) atoms. The number of benzene rings is 2. The molecule has 1 aromatic heterocycles. The Hall–Kier alpha value is -3.13. The lowest BCUT2D eigenvalue weighted by Crippen LogP contribution is -2.38. The van der Waals surface area contributed by atoms with Crippen LogP contribution in [0.25, 0.3) is 5.69 Å². The molecule has 2 aromatic carbocycles. The van der Waals surface area contributed by atoms with Crippen molar-refractivity contribution < 1.29 is 9.59 Å². The van der Waals surface area contributed by atoms with Gasteiger partial charge in [-0.05, 0) is 91.1 Å². The van der Waals surface area contributed by atoms with Crippen LogP contribution in [0.2, 0.25) is 0 Å². The van der Waals surface area contributed by atoms with Crippen LogP contribution < -0.4 is 16.0 Å². The van der Waals surface area contributed by atoms with E-state index in [-0.39, 0.29) is 17.7 Å². The predicted octanol–water partition coefficient (Wildman–Crippen LogP) is 4.21. The molecular weight excluding hydrogens is 470 g/mol. The van der Waals surface area contributed by atoms with Crippen molar-refractivity contribution in [2.45, 2.75) is 26.7 Å². The summed E-state index contributed by atoms with van der Waals surface area (Å²) in [5.41, 5.74) is 10.6. The third-order valence-corrected chi connectivity index (χ3v) is 7.11. The Kier molecular flexibility index (Phi) is 6.32. The van der Waals surface area contributed by atoms with Crippen molar-refractivity contribution in [3.8, 4) is 5.69 Å². The molecule has 0 unspecified atom stereocenters. The lowest BCUT2D eigenvalue weighted by molar-refractivity contribution is -0.122. The highest BCUT2D eigenvalue weighted by Crippen LogP contribution is 2.25. The first kappa shape index (κ1) is 22.1. The Bertz CT molecular complexity index is 1130. The van der Waals surface area contributed by atoms with Crippen molar-refractivity contribution in [2.75, 3.05) is 23.3 Å². The highest BCUT2D eigenvalue weighted by atomic mass is 79.9. The molecule has 0 radical (unpaired) electrons. The van der Waals surface area contributed by atoms with Crippen LogP contribution in [0, 0.1) is 19.8 Å². The second-order valence-corrected chi connectivity index (χ2v) is 8.90. The maximum absolute atomic E-state index is 12.7. The van der Waals surface area contributed by atoms with Gasteiger partial charge in [0.25, 0.3) is 5.91 Å². The Morgan fingerprint density at radius 3 is 2.12 bits per heavy atom. The highest BCUT2D eigenvalue weighted by Gasteiger charge is 2.23. The number of nitrogens with one attached hydrogen (secondary N) is 1. The quantitative estimate of drug-likeness (QED) is 0.554. The summed E-state index contributed by atoms with van der Waals surface area (Å²) < 4.78 is 2.84. The van der Waals surface area contributed by atoms with E-state index in [1.165, 1.54) is 0 Å². The van der Waals surface area contributed by atoms with Gasteiger partial charge in [-0.25, -0.2) is 4.68 Å². The van der Waals surface area contributed by atoms with E-state index in [1.54, 1.807) is 12.1 Å². The van der Waals surface area contributed by atoms with Gasteiger partial charge in [-0.3, -0.25) is 9.59 Å². The number of carbonyl (C=O) groups is 2. The van der Waals surface area contributed by atoms with Gasteiger partial charge in [-0.15, -0.1) is 0 Å². The van der Waals surface area contributed by atoms with Gasteiger partial charge in [0.05, 0.1) is 21.5 Å². The third-order valence-electron chi connectivity index (χ3n) is 5.96. The minimum Gasteiger partial charge on any atom is -0.371 e. The number of rotatable bonds is 5. The smallest absolute Gasteiger partial charge is 0.255 e. The number of piperidine rings is 1. The molecule has 2 heterocycles. The summed E-state index contributed by atoms with van der Waals surface area (Å²) in [6.07, 6.45) is 1.55. The normalized spacial score (nSPS) is 14.4. The number of halogens is 1. The lowest BCUT2D eigenvalue weighted by atomic mass is 9.96. The van der Waals surface area contributed by atoms with E-state index >= 15 is 0 Å². The van der Waals surface area contributed by atoms with Crippen LogP contribution in [-0.4, -0.2) is 34.7 Å². The monoisotopic (exact) mass is 495 g/mol. The summed E-state index contributed by atoms with van der Waals surface area (Å²) in [5.74, 6) is -0.404. The fraction of sp³-hybridized carbons (Fsp3) is 0.292. The molecule has 0 spiro atoms. The molecule has 2 amide bonds. The number of aromatic nitrogens is 2. The molecule has 0 aliphatic carbocycles. The van der Waals surface area contributed by atoms with E-state index in [0.29, 0.717) is 5.56 Å². The summed E-state index contributed by atoms with van der Waals surface area (Å²) in [5, 5.41) is 7.47. The first-order valence-corrected chi connectivity index (χ1v) is 11.4. The van der Waals surface area contributed by atoms with Crippen molar-refractivity contribution >= 4 is 39.1 Å². The van der Waals surface area contributed by atoms with Crippen LogP contribution >= 0.6 is 15.9 Å². The molecule has 0 bridgehead atoms. The van der Waals surface area contributed by atoms with Gasteiger partial charge in [-0.2, -0.15) is 5.10 Å². The number of anilines is 2.